The second-order valence-corrected chi connectivity index (χ2v) is 3.75. The van der Waals surface area contributed by atoms with Crippen molar-refractivity contribution in [3.8, 4) is 0 Å². The van der Waals surface area contributed by atoms with Gasteiger partial charge in [-0.1, -0.05) is 0 Å². The number of nitrogens with zero attached hydrogens (tertiary/aromatic N) is 4. The number of hydrogen-bond donors (Lipinski definition) is 0. The van der Waals surface area contributed by atoms with Gasteiger partial charge in [0.2, 0.25) is 0 Å². The van der Waals surface area contributed by atoms with Crippen LogP contribution in [0, 0.1) is 13.8 Å². The lowest BCUT2D eigenvalue weighted by atomic mass is 10.2. The molecule has 0 aliphatic rings. The van der Waals surface area contributed by atoms with Crippen LogP contribution in [0.2, 0.25) is 0 Å². The minimum absolute atomic E-state index is 0.815. The Hall–Kier alpha value is -2.10. The third kappa shape index (κ3) is 1.23. The SMILES string of the molecule is Cc1nc2ccc3nccnc3c2nc1C. The average Bonchev–Trinajstić information content (AvgIpc) is 2.31. The van der Waals surface area contributed by atoms with Gasteiger partial charge in [0.1, 0.15) is 11.0 Å². The molecule has 0 aliphatic carbocycles. The monoisotopic (exact) mass is 210 g/mol. The number of aryl methyl sites for hydroxylation is 2. The van der Waals surface area contributed by atoms with Gasteiger partial charge in [0.15, 0.2) is 0 Å². The molecule has 0 aliphatic heterocycles. The van der Waals surface area contributed by atoms with Crippen LogP contribution < -0.4 is 0 Å². The highest BCUT2D eigenvalue weighted by molar-refractivity contribution is 5.99. The van der Waals surface area contributed by atoms with E-state index in [2.05, 4.69) is 19.9 Å². The Balaban J connectivity index is 2.55. The highest BCUT2D eigenvalue weighted by atomic mass is 14.9. The van der Waals surface area contributed by atoms with Gasteiger partial charge in [0, 0.05) is 12.4 Å². The van der Waals surface area contributed by atoms with Crippen molar-refractivity contribution in [2.75, 3.05) is 0 Å². The first kappa shape index (κ1) is 9.15. The molecular formula is C12H10N4. The van der Waals surface area contributed by atoms with Crippen molar-refractivity contribution >= 4 is 22.1 Å². The third-order valence-electron chi connectivity index (χ3n) is 2.68. The topological polar surface area (TPSA) is 51.6 Å². The summed E-state index contributed by atoms with van der Waals surface area (Å²) >= 11 is 0. The fourth-order valence-electron chi connectivity index (χ4n) is 1.72. The van der Waals surface area contributed by atoms with Crippen molar-refractivity contribution in [2.45, 2.75) is 13.8 Å². The maximum atomic E-state index is 4.54. The van der Waals surface area contributed by atoms with Crippen molar-refractivity contribution in [1.29, 1.82) is 0 Å². The van der Waals surface area contributed by atoms with E-state index >= 15 is 0 Å². The predicted octanol–water partition coefficient (Wildman–Crippen LogP) is 2.19. The van der Waals surface area contributed by atoms with Crippen LogP contribution in [0.15, 0.2) is 24.5 Å². The summed E-state index contributed by atoms with van der Waals surface area (Å²) < 4.78 is 0. The Morgan fingerprint density at radius 3 is 2.31 bits per heavy atom. The van der Waals surface area contributed by atoms with Crippen LogP contribution in [-0.4, -0.2) is 19.9 Å². The highest BCUT2D eigenvalue weighted by Crippen LogP contribution is 2.19. The summed E-state index contributed by atoms with van der Waals surface area (Å²) in [6.45, 7) is 3.92. The molecule has 16 heavy (non-hydrogen) atoms. The van der Waals surface area contributed by atoms with Crippen LogP contribution in [0.5, 0.6) is 0 Å². The van der Waals surface area contributed by atoms with E-state index in [1.807, 2.05) is 26.0 Å². The molecule has 3 aromatic rings. The maximum Gasteiger partial charge on any atom is 0.117 e. The Morgan fingerprint density at radius 1 is 0.750 bits per heavy atom. The first-order valence-electron chi connectivity index (χ1n) is 5.10. The molecule has 0 unspecified atom stereocenters. The molecule has 4 heteroatoms. The average molecular weight is 210 g/mol. The summed E-state index contributed by atoms with van der Waals surface area (Å²) in [5, 5.41) is 0. The number of aromatic nitrogens is 4. The van der Waals surface area contributed by atoms with Gasteiger partial charge in [-0.3, -0.25) is 9.97 Å². The van der Waals surface area contributed by atoms with Crippen molar-refractivity contribution in [1.82, 2.24) is 19.9 Å². The van der Waals surface area contributed by atoms with Gasteiger partial charge in [0.25, 0.3) is 0 Å². The van der Waals surface area contributed by atoms with E-state index in [0.717, 1.165) is 33.5 Å². The van der Waals surface area contributed by atoms with Crippen LogP contribution in [-0.2, 0) is 0 Å². The number of rotatable bonds is 0. The van der Waals surface area contributed by atoms with E-state index in [1.54, 1.807) is 12.4 Å². The van der Waals surface area contributed by atoms with Crippen molar-refractivity contribution < 1.29 is 0 Å². The molecule has 2 aromatic heterocycles. The standard InChI is InChI=1S/C12H10N4/c1-7-8(2)16-12-10(15-7)4-3-9-11(12)14-6-5-13-9/h3-6H,1-2H3. The van der Waals surface area contributed by atoms with Gasteiger partial charge in [-0.25, -0.2) is 9.97 Å². The minimum Gasteiger partial charge on any atom is -0.253 e. The summed E-state index contributed by atoms with van der Waals surface area (Å²) in [6, 6.07) is 3.86. The third-order valence-corrected chi connectivity index (χ3v) is 2.68. The number of hydrogen-bond acceptors (Lipinski definition) is 4. The predicted molar refractivity (Wildman–Crippen MR) is 62.1 cm³/mol. The summed E-state index contributed by atoms with van der Waals surface area (Å²) in [6.07, 6.45) is 3.36. The Labute approximate surface area is 92.4 Å². The minimum atomic E-state index is 0.815. The molecule has 2 heterocycles. The molecule has 0 saturated carbocycles. The molecular weight excluding hydrogens is 200 g/mol. The zero-order chi connectivity index (χ0) is 11.1. The lowest BCUT2D eigenvalue weighted by molar-refractivity contribution is 1.10. The Morgan fingerprint density at radius 2 is 1.44 bits per heavy atom. The molecule has 3 rings (SSSR count). The molecule has 0 atom stereocenters. The molecule has 0 saturated heterocycles. The molecule has 0 bridgehead atoms. The molecule has 4 nitrogen and oxygen atoms in total. The summed E-state index contributed by atoms with van der Waals surface area (Å²) in [4.78, 5) is 17.6. The summed E-state index contributed by atoms with van der Waals surface area (Å²) in [7, 11) is 0. The van der Waals surface area contributed by atoms with E-state index in [9.17, 15) is 0 Å². The summed E-state index contributed by atoms with van der Waals surface area (Å²) in [5.41, 5.74) is 5.26. The van der Waals surface area contributed by atoms with Crippen molar-refractivity contribution in [3.05, 3.63) is 35.9 Å². The van der Waals surface area contributed by atoms with Crippen LogP contribution in [0.1, 0.15) is 11.4 Å². The molecule has 0 radical (unpaired) electrons. The second-order valence-electron chi connectivity index (χ2n) is 3.75. The molecule has 0 N–H and O–H groups in total. The van der Waals surface area contributed by atoms with Gasteiger partial charge in [0.05, 0.1) is 22.4 Å². The lowest BCUT2D eigenvalue weighted by Gasteiger charge is -2.04. The van der Waals surface area contributed by atoms with E-state index in [1.165, 1.54) is 0 Å². The van der Waals surface area contributed by atoms with Crippen LogP contribution in [0.25, 0.3) is 22.1 Å². The van der Waals surface area contributed by atoms with E-state index in [0.29, 0.717) is 0 Å². The largest absolute Gasteiger partial charge is 0.253 e. The van der Waals surface area contributed by atoms with Gasteiger partial charge in [-0.05, 0) is 26.0 Å². The quantitative estimate of drug-likeness (QED) is 0.534. The fourth-order valence-corrected chi connectivity index (χ4v) is 1.72. The summed E-state index contributed by atoms with van der Waals surface area (Å²) in [5.74, 6) is 0. The molecule has 78 valence electrons. The molecule has 0 amide bonds. The van der Waals surface area contributed by atoms with E-state index < -0.39 is 0 Å². The fraction of sp³-hybridized carbons (Fsp3) is 0.167. The lowest BCUT2D eigenvalue weighted by Crippen LogP contribution is -1.95. The van der Waals surface area contributed by atoms with Gasteiger partial charge in [-0.2, -0.15) is 0 Å². The molecule has 0 fully saturated rings. The van der Waals surface area contributed by atoms with Crippen LogP contribution >= 0.6 is 0 Å². The van der Waals surface area contributed by atoms with Crippen LogP contribution in [0.3, 0.4) is 0 Å². The van der Waals surface area contributed by atoms with E-state index in [-0.39, 0.29) is 0 Å². The van der Waals surface area contributed by atoms with Gasteiger partial charge < -0.3 is 0 Å². The first-order valence-corrected chi connectivity index (χ1v) is 5.10. The normalized spacial score (nSPS) is 11.1. The van der Waals surface area contributed by atoms with Gasteiger partial charge in [-0.15, -0.1) is 0 Å². The zero-order valence-electron chi connectivity index (χ0n) is 9.10. The molecule has 0 spiro atoms. The van der Waals surface area contributed by atoms with Gasteiger partial charge >= 0.3 is 0 Å². The smallest absolute Gasteiger partial charge is 0.117 e. The zero-order valence-corrected chi connectivity index (χ0v) is 9.10. The second kappa shape index (κ2) is 3.20. The van der Waals surface area contributed by atoms with Crippen LogP contribution in [0.4, 0.5) is 0 Å². The highest BCUT2D eigenvalue weighted by Gasteiger charge is 2.06. The Bertz CT molecular complexity index is 691. The Kier molecular flexibility index (Phi) is 1.83. The van der Waals surface area contributed by atoms with Crippen molar-refractivity contribution in [2.24, 2.45) is 0 Å². The number of benzene rings is 1. The number of fused-ring (bicyclic) bond motifs is 3. The van der Waals surface area contributed by atoms with E-state index in [4.69, 9.17) is 0 Å². The van der Waals surface area contributed by atoms with Crippen molar-refractivity contribution in [3.63, 3.8) is 0 Å². The maximum absolute atomic E-state index is 4.54. The molecule has 1 aromatic carbocycles. The first-order chi connectivity index (χ1) is 7.75.